The molecule has 2 aliphatic heterocycles. The van der Waals surface area contributed by atoms with Gasteiger partial charge in [-0.1, -0.05) is 45.9 Å². The van der Waals surface area contributed by atoms with Crippen LogP contribution in [0.25, 0.3) is 0 Å². The largest absolute Gasteiger partial charge is 0.370 e. The van der Waals surface area contributed by atoms with Crippen LogP contribution in [0, 0.1) is 23.1 Å². The SMILES string of the molecule is CC(C)c1nc(N2CCN(C(=O)Cc3ccccc3F)[C@H](C(C)C)C2)c(C#N)c2c1COC(C)(C)C2. The smallest absolute Gasteiger partial charge is 0.227 e. The van der Waals surface area contributed by atoms with Gasteiger partial charge in [-0.05, 0) is 42.9 Å². The highest BCUT2D eigenvalue weighted by Gasteiger charge is 2.37. The number of halogens is 1. The Bertz CT molecular complexity index is 1180. The summed E-state index contributed by atoms with van der Waals surface area (Å²) < 4.78 is 20.3. The summed E-state index contributed by atoms with van der Waals surface area (Å²) in [4.78, 5) is 22.4. The number of fused-ring (bicyclic) bond motifs is 1. The van der Waals surface area contributed by atoms with Gasteiger partial charge in [0.15, 0.2) is 0 Å². The van der Waals surface area contributed by atoms with Gasteiger partial charge >= 0.3 is 0 Å². The van der Waals surface area contributed by atoms with Gasteiger partial charge < -0.3 is 14.5 Å². The van der Waals surface area contributed by atoms with Crippen molar-refractivity contribution in [2.75, 3.05) is 24.5 Å². The Morgan fingerprint density at radius 3 is 2.58 bits per heavy atom. The fraction of sp³-hybridized carbons (Fsp3) is 0.552. The Labute approximate surface area is 214 Å². The van der Waals surface area contributed by atoms with Gasteiger partial charge in [0.25, 0.3) is 0 Å². The summed E-state index contributed by atoms with van der Waals surface area (Å²) >= 11 is 0. The summed E-state index contributed by atoms with van der Waals surface area (Å²) in [7, 11) is 0. The number of carbonyl (C=O) groups is 1. The van der Waals surface area contributed by atoms with E-state index in [9.17, 15) is 14.4 Å². The molecular weight excluding hydrogens is 455 g/mol. The minimum absolute atomic E-state index is 0.0447. The standard InChI is InChI=1S/C29H37FN4O2/c1-18(2)25-16-33(11-12-34(25)26(35)13-20-9-7-8-10-24(20)30)28-22(15-31)21-14-29(5,6)36-17-23(21)27(32-28)19(3)4/h7-10,18-19,25H,11-14,16-17H2,1-6H3/t25-/m0/s1. The maximum Gasteiger partial charge on any atom is 0.227 e. The molecule has 1 aromatic heterocycles. The number of hydrogen-bond donors (Lipinski definition) is 0. The molecule has 2 aromatic rings. The van der Waals surface area contributed by atoms with Crippen molar-refractivity contribution in [3.05, 3.63) is 58.0 Å². The van der Waals surface area contributed by atoms with Crippen LogP contribution in [-0.4, -0.2) is 47.1 Å². The molecule has 0 N–H and O–H groups in total. The van der Waals surface area contributed by atoms with E-state index >= 15 is 0 Å². The molecule has 0 spiro atoms. The van der Waals surface area contributed by atoms with Crippen molar-refractivity contribution in [3.8, 4) is 6.07 Å². The van der Waals surface area contributed by atoms with E-state index in [2.05, 4.69) is 52.5 Å². The van der Waals surface area contributed by atoms with Gasteiger partial charge in [0.05, 0.1) is 35.9 Å². The summed E-state index contributed by atoms with van der Waals surface area (Å²) in [6.45, 7) is 14.7. The molecule has 0 radical (unpaired) electrons. The van der Waals surface area contributed by atoms with Crippen LogP contribution < -0.4 is 4.90 Å². The van der Waals surface area contributed by atoms with E-state index in [1.54, 1.807) is 18.2 Å². The second-order valence-corrected chi connectivity index (χ2v) is 11.3. The maximum absolute atomic E-state index is 14.2. The lowest BCUT2D eigenvalue weighted by molar-refractivity contribution is -0.134. The lowest BCUT2D eigenvalue weighted by atomic mass is 9.86. The summed E-state index contributed by atoms with van der Waals surface area (Å²) in [5.74, 6) is 0.677. The van der Waals surface area contributed by atoms with Crippen molar-refractivity contribution in [1.29, 1.82) is 5.26 Å². The van der Waals surface area contributed by atoms with Crippen LogP contribution in [0.4, 0.5) is 10.2 Å². The number of anilines is 1. The lowest BCUT2D eigenvalue weighted by Gasteiger charge is -2.45. The average molecular weight is 493 g/mol. The Kier molecular flexibility index (Phi) is 7.38. The predicted octanol–water partition coefficient (Wildman–Crippen LogP) is 4.98. The molecule has 1 amide bonds. The van der Waals surface area contributed by atoms with E-state index in [1.807, 2.05) is 4.90 Å². The number of ether oxygens (including phenoxy) is 1. The van der Waals surface area contributed by atoms with E-state index in [-0.39, 0.29) is 41.6 Å². The third-order valence-electron chi connectivity index (χ3n) is 7.40. The molecule has 1 fully saturated rings. The predicted molar refractivity (Wildman–Crippen MR) is 138 cm³/mol. The molecule has 0 bridgehead atoms. The van der Waals surface area contributed by atoms with E-state index < -0.39 is 0 Å². The van der Waals surface area contributed by atoms with Crippen LogP contribution in [0.2, 0.25) is 0 Å². The molecule has 1 aromatic carbocycles. The highest BCUT2D eigenvalue weighted by atomic mass is 19.1. The molecule has 3 heterocycles. The fourth-order valence-corrected chi connectivity index (χ4v) is 5.39. The summed E-state index contributed by atoms with van der Waals surface area (Å²) in [6.07, 6.45) is 0.707. The molecule has 7 heteroatoms. The number of amides is 1. The Morgan fingerprint density at radius 1 is 1.22 bits per heavy atom. The van der Waals surface area contributed by atoms with Crippen LogP contribution in [0.15, 0.2) is 24.3 Å². The quantitative estimate of drug-likeness (QED) is 0.589. The summed E-state index contributed by atoms with van der Waals surface area (Å²) in [5.41, 5.74) is 3.77. The van der Waals surface area contributed by atoms with Gasteiger partial charge in [-0.3, -0.25) is 4.79 Å². The first-order chi connectivity index (χ1) is 17.0. The molecule has 4 rings (SSSR count). The number of pyridine rings is 1. The first-order valence-electron chi connectivity index (χ1n) is 12.9. The van der Waals surface area contributed by atoms with Gasteiger partial charge in [0.1, 0.15) is 17.7 Å². The molecule has 6 nitrogen and oxygen atoms in total. The Balaban J connectivity index is 1.66. The van der Waals surface area contributed by atoms with Gasteiger partial charge in [-0.15, -0.1) is 0 Å². The molecule has 1 atom stereocenters. The van der Waals surface area contributed by atoms with E-state index in [0.29, 0.717) is 49.6 Å². The zero-order valence-corrected chi connectivity index (χ0v) is 22.3. The molecule has 0 saturated carbocycles. The maximum atomic E-state index is 14.2. The van der Waals surface area contributed by atoms with Crippen LogP contribution >= 0.6 is 0 Å². The molecular formula is C29H37FN4O2. The Morgan fingerprint density at radius 2 is 1.94 bits per heavy atom. The molecule has 0 unspecified atom stereocenters. The second-order valence-electron chi connectivity index (χ2n) is 11.3. The van der Waals surface area contributed by atoms with Crippen molar-refractivity contribution in [3.63, 3.8) is 0 Å². The van der Waals surface area contributed by atoms with E-state index in [1.165, 1.54) is 6.07 Å². The van der Waals surface area contributed by atoms with Crippen LogP contribution in [0.5, 0.6) is 0 Å². The second kappa shape index (κ2) is 10.2. The van der Waals surface area contributed by atoms with Crippen LogP contribution in [0.1, 0.15) is 75.4 Å². The summed E-state index contributed by atoms with van der Waals surface area (Å²) in [5, 5.41) is 10.3. The lowest BCUT2D eigenvalue weighted by Crippen LogP contribution is -2.58. The average Bonchev–Trinajstić information content (AvgIpc) is 2.83. The van der Waals surface area contributed by atoms with Crippen LogP contribution in [0.3, 0.4) is 0 Å². The van der Waals surface area contributed by atoms with Gasteiger partial charge in [0.2, 0.25) is 5.91 Å². The number of aromatic nitrogens is 1. The van der Waals surface area contributed by atoms with Crippen molar-refractivity contribution in [1.82, 2.24) is 9.88 Å². The van der Waals surface area contributed by atoms with Crippen molar-refractivity contribution in [2.24, 2.45) is 5.92 Å². The first-order valence-corrected chi connectivity index (χ1v) is 12.9. The fourth-order valence-electron chi connectivity index (χ4n) is 5.39. The van der Waals surface area contributed by atoms with Gasteiger partial charge in [-0.2, -0.15) is 5.26 Å². The monoisotopic (exact) mass is 492 g/mol. The molecule has 0 aliphatic carbocycles. The number of carbonyl (C=O) groups excluding carboxylic acids is 1. The minimum Gasteiger partial charge on any atom is -0.370 e. The molecule has 1 saturated heterocycles. The number of nitrogens with zero attached hydrogens (tertiary/aromatic N) is 4. The highest BCUT2D eigenvalue weighted by molar-refractivity contribution is 5.79. The number of benzene rings is 1. The molecule has 192 valence electrons. The number of hydrogen-bond acceptors (Lipinski definition) is 5. The normalized spacial score (nSPS) is 19.4. The first kappa shape index (κ1) is 26.1. The summed E-state index contributed by atoms with van der Waals surface area (Å²) in [6, 6.07) is 8.85. The van der Waals surface area contributed by atoms with Crippen molar-refractivity contribution < 1.29 is 13.9 Å². The number of nitriles is 1. The van der Waals surface area contributed by atoms with Gasteiger partial charge in [-0.25, -0.2) is 9.37 Å². The number of rotatable bonds is 5. The molecule has 2 aliphatic rings. The zero-order chi connectivity index (χ0) is 26.2. The topological polar surface area (TPSA) is 69.5 Å². The highest BCUT2D eigenvalue weighted by Crippen LogP contribution is 2.38. The third kappa shape index (κ3) is 5.10. The van der Waals surface area contributed by atoms with Gasteiger partial charge in [0, 0.05) is 31.6 Å². The minimum atomic E-state index is -0.351. The van der Waals surface area contributed by atoms with Crippen molar-refractivity contribution in [2.45, 2.75) is 78.6 Å². The van der Waals surface area contributed by atoms with E-state index in [0.717, 1.165) is 16.8 Å². The Hall–Kier alpha value is -2.98. The van der Waals surface area contributed by atoms with Crippen LogP contribution in [-0.2, 0) is 29.0 Å². The molecule has 36 heavy (non-hydrogen) atoms. The van der Waals surface area contributed by atoms with Crippen molar-refractivity contribution >= 4 is 11.7 Å². The third-order valence-corrected chi connectivity index (χ3v) is 7.40. The zero-order valence-electron chi connectivity index (χ0n) is 22.3. The van der Waals surface area contributed by atoms with E-state index in [4.69, 9.17) is 9.72 Å². The number of piperazine rings is 1.